The third kappa shape index (κ3) is 3.43. The molecule has 5 rings (SSSR count). The second-order valence-electron chi connectivity index (χ2n) is 8.16. The van der Waals surface area contributed by atoms with Crippen LogP contribution in [-0.4, -0.2) is 17.9 Å². The summed E-state index contributed by atoms with van der Waals surface area (Å²) in [6.45, 7) is 3.89. The van der Waals surface area contributed by atoms with Crippen molar-refractivity contribution in [3.05, 3.63) is 92.9 Å². The van der Waals surface area contributed by atoms with Crippen molar-refractivity contribution in [3.63, 3.8) is 0 Å². The number of amides is 2. The first kappa shape index (κ1) is 21.2. The highest BCUT2D eigenvalue weighted by Gasteiger charge is 2.60. The summed E-state index contributed by atoms with van der Waals surface area (Å²) in [5.74, 6) is -1.35. The minimum atomic E-state index is -0.909. The lowest BCUT2D eigenvalue weighted by atomic mass is 9.90. The topological polar surface area (TPSA) is 49.9 Å². The Morgan fingerprint density at radius 2 is 1.66 bits per heavy atom. The second kappa shape index (κ2) is 8.03. The molecule has 0 aromatic heterocycles. The molecule has 32 heavy (non-hydrogen) atoms. The Morgan fingerprint density at radius 3 is 2.34 bits per heavy atom. The summed E-state index contributed by atoms with van der Waals surface area (Å²) in [7, 11) is 0. The molecular weight excluding hydrogens is 492 g/mol. The molecule has 7 heteroatoms. The van der Waals surface area contributed by atoms with E-state index in [0.29, 0.717) is 10.7 Å². The van der Waals surface area contributed by atoms with Crippen molar-refractivity contribution < 1.29 is 14.4 Å². The van der Waals surface area contributed by atoms with E-state index < -0.39 is 18.1 Å². The SMILES string of the molecule is Cc1ccc([C@H]2[C@H]3C(=O)N(c4ccc(C)c(Cl)c4)C(=O)[C@H]3ON2c2cccc(Br)c2)cc1. The van der Waals surface area contributed by atoms with Crippen LogP contribution in [0.1, 0.15) is 22.7 Å². The number of nitrogens with zero attached hydrogens (tertiary/aromatic N) is 2. The van der Waals surface area contributed by atoms with Gasteiger partial charge in [0.05, 0.1) is 17.4 Å². The summed E-state index contributed by atoms with van der Waals surface area (Å²) in [5.41, 5.74) is 4.13. The summed E-state index contributed by atoms with van der Waals surface area (Å²) in [4.78, 5) is 34.4. The normalized spacial score (nSPS) is 22.6. The maximum atomic E-state index is 13.6. The Labute approximate surface area is 199 Å². The number of carbonyl (C=O) groups excluding carboxylic acids is 2. The molecule has 0 spiro atoms. The van der Waals surface area contributed by atoms with Gasteiger partial charge in [-0.25, -0.2) is 9.96 Å². The van der Waals surface area contributed by atoms with Gasteiger partial charge in [0.25, 0.3) is 5.91 Å². The van der Waals surface area contributed by atoms with Crippen molar-refractivity contribution in [2.24, 2.45) is 5.92 Å². The highest BCUT2D eigenvalue weighted by atomic mass is 79.9. The zero-order valence-corrected chi connectivity index (χ0v) is 19.8. The molecule has 162 valence electrons. The van der Waals surface area contributed by atoms with E-state index in [0.717, 1.165) is 26.9 Å². The monoisotopic (exact) mass is 510 g/mol. The predicted molar refractivity (Wildman–Crippen MR) is 128 cm³/mol. The number of carbonyl (C=O) groups is 2. The van der Waals surface area contributed by atoms with Gasteiger partial charge in [-0.05, 0) is 55.3 Å². The van der Waals surface area contributed by atoms with Crippen molar-refractivity contribution in [3.8, 4) is 0 Å². The van der Waals surface area contributed by atoms with Crippen LogP contribution in [0.25, 0.3) is 0 Å². The first-order chi connectivity index (χ1) is 15.3. The van der Waals surface area contributed by atoms with Crippen molar-refractivity contribution in [2.75, 3.05) is 9.96 Å². The van der Waals surface area contributed by atoms with E-state index in [9.17, 15) is 9.59 Å². The fourth-order valence-corrected chi connectivity index (χ4v) is 4.89. The quantitative estimate of drug-likeness (QED) is 0.419. The largest absolute Gasteiger partial charge is 0.273 e. The minimum Gasteiger partial charge on any atom is -0.273 e. The summed E-state index contributed by atoms with van der Waals surface area (Å²) in [6, 6.07) is 20.4. The van der Waals surface area contributed by atoms with Crippen LogP contribution in [0.3, 0.4) is 0 Å². The number of halogens is 2. The number of hydroxylamine groups is 1. The van der Waals surface area contributed by atoms with Crippen LogP contribution >= 0.6 is 27.5 Å². The maximum absolute atomic E-state index is 13.6. The van der Waals surface area contributed by atoms with Crippen LogP contribution in [0, 0.1) is 19.8 Å². The van der Waals surface area contributed by atoms with Gasteiger partial charge < -0.3 is 0 Å². The molecule has 2 saturated heterocycles. The number of benzene rings is 3. The molecule has 5 nitrogen and oxygen atoms in total. The molecule has 2 fully saturated rings. The third-order valence-electron chi connectivity index (χ3n) is 6.01. The molecule has 0 saturated carbocycles. The van der Waals surface area contributed by atoms with Crippen LogP contribution < -0.4 is 9.96 Å². The van der Waals surface area contributed by atoms with Crippen molar-refractivity contribution >= 4 is 50.7 Å². The Kier molecular flexibility index (Phi) is 5.32. The second-order valence-corrected chi connectivity index (χ2v) is 9.48. The average molecular weight is 512 g/mol. The van der Waals surface area contributed by atoms with Gasteiger partial charge in [0, 0.05) is 9.50 Å². The van der Waals surface area contributed by atoms with Gasteiger partial charge in [-0.3, -0.25) is 14.4 Å². The lowest BCUT2D eigenvalue weighted by Gasteiger charge is -2.29. The van der Waals surface area contributed by atoms with Gasteiger partial charge in [0.15, 0.2) is 6.10 Å². The number of aryl methyl sites for hydroxylation is 2. The number of imide groups is 1. The zero-order valence-electron chi connectivity index (χ0n) is 17.5. The molecular formula is C25H20BrClN2O3. The van der Waals surface area contributed by atoms with Crippen LogP contribution in [0.15, 0.2) is 71.2 Å². The first-order valence-electron chi connectivity index (χ1n) is 10.3. The standard InChI is InChI=1S/C25H20BrClN2O3/c1-14-6-9-16(10-7-14)22-21-23(32-29(22)19-5-3-4-17(26)12-19)25(31)28(24(21)30)18-11-8-15(2)20(27)13-18/h3-13,21-23H,1-2H3/t21-,22+,23+/m1/s1. The van der Waals surface area contributed by atoms with Gasteiger partial charge in [-0.2, -0.15) is 0 Å². The van der Waals surface area contributed by atoms with Crippen molar-refractivity contribution in [1.29, 1.82) is 0 Å². The minimum absolute atomic E-state index is 0.289. The van der Waals surface area contributed by atoms with E-state index in [1.165, 1.54) is 4.90 Å². The predicted octanol–water partition coefficient (Wildman–Crippen LogP) is 5.77. The summed E-state index contributed by atoms with van der Waals surface area (Å²) in [5, 5.41) is 2.20. The lowest BCUT2D eigenvalue weighted by molar-refractivity contribution is -0.126. The molecule has 0 aliphatic carbocycles. The molecule has 2 heterocycles. The molecule has 2 amide bonds. The summed E-state index contributed by atoms with van der Waals surface area (Å²) < 4.78 is 0.881. The molecule has 0 bridgehead atoms. The van der Waals surface area contributed by atoms with Gasteiger partial charge in [0.2, 0.25) is 5.91 Å². The molecule has 2 aliphatic heterocycles. The van der Waals surface area contributed by atoms with Crippen LogP contribution in [0.4, 0.5) is 11.4 Å². The van der Waals surface area contributed by atoms with Crippen molar-refractivity contribution in [2.45, 2.75) is 26.0 Å². The number of anilines is 2. The van der Waals surface area contributed by atoms with Crippen LogP contribution in [-0.2, 0) is 14.4 Å². The van der Waals surface area contributed by atoms with Gasteiger partial charge in [-0.1, -0.05) is 69.5 Å². The molecule has 3 atom stereocenters. The van der Waals surface area contributed by atoms with Gasteiger partial charge >= 0.3 is 0 Å². The van der Waals surface area contributed by atoms with Crippen molar-refractivity contribution in [1.82, 2.24) is 0 Å². The van der Waals surface area contributed by atoms with E-state index in [-0.39, 0.29) is 11.8 Å². The number of rotatable bonds is 3. The molecule has 3 aromatic carbocycles. The van der Waals surface area contributed by atoms with E-state index in [1.807, 2.05) is 62.4 Å². The van der Waals surface area contributed by atoms with E-state index in [1.54, 1.807) is 23.3 Å². The molecule has 0 radical (unpaired) electrons. The fraction of sp³-hybridized carbons (Fsp3) is 0.200. The Morgan fingerprint density at radius 1 is 0.906 bits per heavy atom. The van der Waals surface area contributed by atoms with Crippen LogP contribution in [0.5, 0.6) is 0 Å². The fourth-order valence-electron chi connectivity index (χ4n) is 4.33. The molecule has 0 N–H and O–H groups in total. The smallest absolute Gasteiger partial charge is 0.266 e. The Bertz CT molecular complexity index is 1230. The molecule has 0 unspecified atom stereocenters. The highest BCUT2D eigenvalue weighted by Crippen LogP contribution is 2.48. The average Bonchev–Trinajstić information content (AvgIpc) is 3.27. The van der Waals surface area contributed by atoms with Gasteiger partial charge in [0.1, 0.15) is 5.92 Å². The number of hydrogen-bond acceptors (Lipinski definition) is 4. The van der Waals surface area contributed by atoms with Gasteiger partial charge in [-0.15, -0.1) is 0 Å². The third-order valence-corrected chi connectivity index (χ3v) is 6.91. The number of hydrogen-bond donors (Lipinski definition) is 0. The van der Waals surface area contributed by atoms with Crippen LogP contribution in [0.2, 0.25) is 5.02 Å². The van der Waals surface area contributed by atoms with E-state index in [2.05, 4.69) is 15.9 Å². The Balaban J connectivity index is 1.59. The summed E-state index contributed by atoms with van der Waals surface area (Å²) in [6.07, 6.45) is -0.909. The van der Waals surface area contributed by atoms with E-state index in [4.69, 9.17) is 16.4 Å². The number of fused-ring (bicyclic) bond motifs is 1. The molecule has 3 aromatic rings. The van der Waals surface area contributed by atoms with E-state index >= 15 is 0 Å². The summed E-state index contributed by atoms with van der Waals surface area (Å²) >= 11 is 9.77. The lowest BCUT2D eigenvalue weighted by Crippen LogP contribution is -2.37. The highest BCUT2D eigenvalue weighted by molar-refractivity contribution is 9.10. The molecule has 2 aliphatic rings. The first-order valence-corrected chi connectivity index (χ1v) is 11.4. The maximum Gasteiger partial charge on any atom is 0.266 e. The zero-order chi connectivity index (χ0) is 22.6. The Hall–Kier alpha value is -2.67.